The van der Waals surface area contributed by atoms with Gasteiger partial charge in [-0.25, -0.2) is 0 Å². The van der Waals surface area contributed by atoms with Gasteiger partial charge in [-0.2, -0.15) is 0 Å². The fourth-order valence-electron chi connectivity index (χ4n) is 1.84. The van der Waals surface area contributed by atoms with Crippen LogP contribution in [-0.2, 0) is 4.79 Å². The number of amides is 1. The molecular weight excluding hydrogens is 212 g/mol. The maximum Gasteiger partial charge on any atom is 0.237 e. The summed E-state index contributed by atoms with van der Waals surface area (Å²) < 4.78 is 0. The van der Waals surface area contributed by atoms with Crippen molar-refractivity contribution >= 4 is 5.91 Å². The molecule has 1 fully saturated rings. The summed E-state index contributed by atoms with van der Waals surface area (Å²) in [6, 6.07) is 10.7. The molecule has 0 spiro atoms. The third kappa shape index (κ3) is 3.56. The first-order chi connectivity index (χ1) is 8.16. The van der Waals surface area contributed by atoms with Gasteiger partial charge in [-0.15, -0.1) is 0 Å². The van der Waals surface area contributed by atoms with Crippen molar-refractivity contribution in [3.05, 3.63) is 35.9 Å². The van der Waals surface area contributed by atoms with Crippen LogP contribution in [0.4, 0.5) is 0 Å². The number of rotatable bonds is 5. The highest BCUT2D eigenvalue weighted by atomic mass is 16.2. The van der Waals surface area contributed by atoms with Crippen LogP contribution in [0.2, 0.25) is 0 Å². The standard InChI is InChI=1S/C14H20N2O/c1-10(12-6-4-3-5-7-12)15-11(2)14(17)16-13-8-9-13/h3-7,10-11,13,15H,8-9H2,1-2H3,(H,16,17)/t10-,11?/m0/s1. The Labute approximate surface area is 103 Å². The van der Waals surface area contributed by atoms with E-state index in [1.54, 1.807) is 0 Å². The first-order valence-corrected chi connectivity index (χ1v) is 6.28. The summed E-state index contributed by atoms with van der Waals surface area (Å²) >= 11 is 0. The molecule has 92 valence electrons. The minimum atomic E-state index is -0.147. The number of benzene rings is 1. The molecule has 17 heavy (non-hydrogen) atoms. The SMILES string of the molecule is CC(N[C@@H](C)c1ccccc1)C(=O)NC1CC1. The molecule has 0 heterocycles. The second-order valence-electron chi connectivity index (χ2n) is 4.80. The fourth-order valence-corrected chi connectivity index (χ4v) is 1.84. The average Bonchev–Trinajstić information content (AvgIpc) is 3.14. The molecule has 1 aromatic rings. The van der Waals surface area contributed by atoms with Crippen molar-refractivity contribution in [1.29, 1.82) is 0 Å². The van der Waals surface area contributed by atoms with Crippen LogP contribution in [0.3, 0.4) is 0 Å². The summed E-state index contributed by atoms with van der Waals surface area (Å²) in [5.41, 5.74) is 1.21. The highest BCUT2D eigenvalue weighted by Gasteiger charge is 2.26. The van der Waals surface area contributed by atoms with Crippen LogP contribution in [-0.4, -0.2) is 18.0 Å². The lowest BCUT2D eigenvalue weighted by Gasteiger charge is -2.19. The number of hydrogen-bond donors (Lipinski definition) is 2. The monoisotopic (exact) mass is 232 g/mol. The van der Waals surface area contributed by atoms with Crippen LogP contribution < -0.4 is 10.6 Å². The van der Waals surface area contributed by atoms with Gasteiger partial charge in [0.25, 0.3) is 0 Å². The van der Waals surface area contributed by atoms with Gasteiger partial charge < -0.3 is 5.32 Å². The van der Waals surface area contributed by atoms with Crippen molar-refractivity contribution < 1.29 is 4.79 Å². The summed E-state index contributed by atoms with van der Waals surface area (Å²) in [7, 11) is 0. The normalized spacial score (nSPS) is 18.5. The van der Waals surface area contributed by atoms with E-state index in [9.17, 15) is 4.79 Å². The molecule has 2 atom stereocenters. The average molecular weight is 232 g/mol. The van der Waals surface area contributed by atoms with E-state index >= 15 is 0 Å². The molecule has 0 saturated heterocycles. The summed E-state index contributed by atoms with van der Waals surface area (Å²) in [6.45, 7) is 3.99. The Balaban J connectivity index is 1.84. The second-order valence-corrected chi connectivity index (χ2v) is 4.80. The number of hydrogen-bond acceptors (Lipinski definition) is 2. The molecule has 0 aliphatic heterocycles. The van der Waals surface area contributed by atoms with Crippen molar-refractivity contribution in [3.63, 3.8) is 0 Å². The van der Waals surface area contributed by atoms with Crippen molar-refractivity contribution in [3.8, 4) is 0 Å². The summed E-state index contributed by atoms with van der Waals surface area (Å²) in [5, 5.41) is 6.33. The summed E-state index contributed by atoms with van der Waals surface area (Å²) in [6.07, 6.45) is 2.26. The Morgan fingerprint density at radius 3 is 2.47 bits per heavy atom. The van der Waals surface area contributed by atoms with E-state index in [1.165, 1.54) is 5.56 Å². The molecule has 1 aliphatic carbocycles. The van der Waals surface area contributed by atoms with Crippen molar-refractivity contribution in [2.75, 3.05) is 0 Å². The molecule has 1 unspecified atom stereocenters. The largest absolute Gasteiger partial charge is 0.352 e. The molecule has 1 aromatic carbocycles. The predicted molar refractivity (Wildman–Crippen MR) is 68.6 cm³/mol. The van der Waals surface area contributed by atoms with Crippen molar-refractivity contribution in [2.24, 2.45) is 0 Å². The van der Waals surface area contributed by atoms with Gasteiger partial charge in [0.15, 0.2) is 0 Å². The van der Waals surface area contributed by atoms with Crippen LogP contribution >= 0.6 is 0 Å². The van der Waals surface area contributed by atoms with Crippen LogP contribution in [0.25, 0.3) is 0 Å². The maximum absolute atomic E-state index is 11.8. The Bertz CT molecular complexity index is 373. The quantitative estimate of drug-likeness (QED) is 0.815. The zero-order chi connectivity index (χ0) is 12.3. The zero-order valence-corrected chi connectivity index (χ0v) is 10.4. The molecule has 0 aromatic heterocycles. The Morgan fingerprint density at radius 2 is 1.88 bits per heavy atom. The first kappa shape index (κ1) is 12.1. The molecule has 1 saturated carbocycles. The van der Waals surface area contributed by atoms with Gasteiger partial charge in [-0.1, -0.05) is 30.3 Å². The minimum absolute atomic E-state index is 0.107. The van der Waals surface area contributed by atoms with E-state index in [0.29, 0.717) is 6.04 Å². The van der Waals surface area contributed by atoms with Gasteiger partial charge in [-0.05, 0) is 32.3 Å². The topological polar surface area (TPSA) is 41.1 Å². The van der Waals surface area contributed by atoms with E-state index in [0.717, 1.165) is 12.8 Å². The van der Waals surface area contributed by atoms with Crippen molar-refractivity contribution in [2.45, 2.75) is 44.8 Å². The Hall–Kier alpha value is -1.35. The number of nitrogens with one attached hydrogen (secondary N) is 2. The van der Waals surface area contributed by atoms with Crippen molar-refractivity contribution in [1.82, 2.24) is 10.6 Å². The Morgan fingerprint density at radius 1 is 1.24 bits per heavy atom. The van der Waals surface area contributed by atoms with Crippen LogP contribution in [0.5, 0.6) is 0 Å². The van der Waals surface area contributed by atoms with Gasteiger partial charge in [0.1, 0.15) is 0 Å². The van der Waals surface area contributed by atoms with Crippen LogP contribution in [0.1, 0.15) is 38.3 Å². The zero-order valence-electron chi connectivity index (χ0n) is 10.4. The molecule has 0 bridgehead atoms. The van der Waals surface area contributed by atoms with Crippen LogP contribution in [0, 0.1) is 0 Å². The fraction of sp³-hybridized carbons (Fsp3) is 0.500. The lowest BCUT2D eigenvalue weighted by Crippen LogP contribution is -2.43. The molecule has 1 aliphatic rings. The summed E-state index contributed by atoms with van der Waals surface area (Å²) in [4.78, 5) is 11.8. The van der Waals surface area contributed by atoms with E-state index < -0.39 is 0 Å². The smallest absolute Gasteiger partial charge is 0.237 e. The van der Waals surface area contributed by atoms with E-state index in [4.69, 9.17) is 0 Å². The molecule has 1 amide bonds. The van der Waals surface area contributed by atoms with Crippen LogP contribution in [0.15, 0.2) is 30.3 Å². The minimum Gasteiger partial charge on any atom is -0.352 e. The highest BCUT2D eigenvalue weighted by molar-refractivity contribution is 5.81. The summed E-state index contributed by atoms with van der Waals surface area (Å²) in [5.74, 6) is 0.107. The molecule has 0 radical (unpaired) electrons. The lowest BCUT2D eigenvalue weighted by molar-refractivity contribution is -0.123. The third-order valence-electron chi connectivity index (χ3n) is 3.12. The number of carbonyl (C=O) groups is 1. The van der Waals surface area contributed by atoms with E-state index in [-0.39, 0.29) is 18.0 Å². The molecule has 3 heteroatoms. The number of carbonyl (C=O) groups excluding carboxylic acids is 1. The van der Waals surface area contributed by atoms with Gasteiger partial charge >= 0.3 is 0 Å². The highest BCUT2D eigenvalue weighted by Crippen LogP contribution is 2.19. The lowest BCUT2D eigenvalue weighted by atomic mass is 10.1. The van der Waals surface area contributed by atoms with E-state index in [2.05, 4.69) is 29.7 Å². The maximum atomic E-state index is 11.8. The Kier molecular flexibility index (Phi) is 3.79. The molecule has 2 N–H and O–H groups in total. The first-order valence-electron chi connectivity index (χ1n) is 6.28. The van der Waals surface area contributed by atoms with Gasteiger partial charge in [0.2, 0.25) is 5.91 Å². The van der Waals surface area contributed by atoms with Gasteiger partial charge in [0, 0.05) is 12.1 Å². The van der Waals surface area contributed by atoms with E-state index in [1.807, 2.05) is 25.1 Å². The van der Waals surface area contributed by atoms with Gasteiger partial charge in [-0.3, -0.25) is 10.1 Å². The van der Waals surface area contributed by atoms with Gasteiger partial charge in [0.05, 0.1) is 6.04 Å². The molecule has 2 rings (SSSR count). The molecular formula is C14H20N2O. The second kappa shape index (κ2) is 5.32. The molecule has 3 nitrogen and oxygen atoms in total. The predicted octanol–water partition coefficient (Wildman–Crippen LogP) is 2.00. The third-order valence-corrected chi connectivity index (χ3v) is 3.12.